The molecule has 222 valence electrons. The molecule has 0 aliphatic heterocycles. The van der Waals surface area contributed by atoms with Gasteiger partial charge in [-0.1, -0.05) is 0 Å². The zero-order valence-electron chi connectivity index (χ0n) is 20.5. The van der Waals surface area contributed by atoms with Gasteiger partial charge in [0, 0.05) is 16.6 Å². The summed E-state index contributed by atoms with van der Waals surface area (Å²) in [7, 11) is 0. The first-order valence-electron chi connectivity index (χ1n) is 11.6. The number of anilines is 1. The van der Waals surface area contributed by atoms with Crippen LogP contribution >= 0.6 is 67.8 Å². The minimum Gasteiger partial charge on any atom is -0.396 e. The van der Waals surface area contributed by atoms with E-state index in [1.807, 2.05) is 0 Å². The van der Waals surface area contributed by atoms with Crippen molar-refractivity contribution >= 4 is 91.2 Å². The van der Waals surface area contributed by atoms with Gasteiger partial charge in [-0.05, 0) is 80.6 Å². The molecule has 0 heterocycles. The highest BCUT2D eigenvalue weighted by atomic mass is 127. The standard InChI is InChI=1S/C22H32I3N3O11/c23-16-14(21(38)26-9(5-30)3-11(34)7-32)17(24)19(28-20(37)13(36)1-2-29)18(25)15(16)22(39)27-10(6-31)4-12(35)8-33/h9-13,29-36H,1-8H2,(H,26,38)(H,27,39)(H,28,37). The lowest BCUT2D eigenvalue weighted by atomic mass is 10.0. The second-order valence-corrected chi connectivity index (χ2v) is 11.7. The van der Waals surface area contributed by atoms with Crippen molar-refractivity contribution in [2.75, 3.05) is 38.4 Å². The Morgan fingerprint density at radius 3 is 1.41 bits per heavy atom. The van der Waals surface area contributed by atoms with Crippen molar-refractivity contribution < 1.29 is 55.2 Å². The zero-order chi connectivity index (χ0) is 29.9. The molecule has 0 fully saturated rings. The summed E-state index contributed by atoms with van der Waals surface area (Å²) >= 11 is 5.29. The molecule has 39 heavy (non-hydrogen) atoms. The second-order valence-electron chi connectivity index (χ2n) is 8.43. The lowest BCUT2D eigenvalue weighted by Crippen LogP contribution is -2.43. The molecule has 0 aliphatic rings. The molecule has 0 spiro atoms. The minimum atomic E-state index is -1.59. The number of halogens is 3. The molecule has 5 unspecified atom stereocenters. The number of carbonyl (C=O) groups excluding carboxylic acids is 3. The number of aliphatic hydroxyl groups excluding tert-OH is 8. The molecule has 5 atom stereocenters. The molecule has 0 radical (unpaired) electrons. The number of nitrogens with one attached hydrogen (secondary N) is 3. The molecule has 14 nitrogen and oxygen atoms in total. The lowest BCUT2D eigenvalue weighted by molar-refractivity contribution is -0.124. The van der Waals surface area contributed by atoms with E-state index in [0.717, 1.165) is 0 Å². The molecule has 1 aromatic rings. The highest BCUT2D eigenvalue weighted by molar-refractivity contribution is 14.1. The van der Waals surface area contributed by atoms with Crippen LogP contribution in [0, 0.1) is 10.7 Å². The smallest absolute Gasteiger partial charge is 0.253 e. The average molecular weight is 895 g/mol. The lowest BCUT2D eigenvalue weighted by Gasteiger charge is -2.24. The van der Waals surface area contributed by atoms with Gasteiger partial charge in [0.25, 0.3) is 17.7 Å². The van der Waals surface area contributed by atoms with Gasteiger partial charge in [0.1, 0.15) is 6.10 Å². The molecule has 3 amide bonds. The Bertz CT molecular complexity index is 941. The number of carbonyl (C=O) groups is 3. The first kappa shape index (κ1) is 36.5. The summed E-state index contributed by atoms with van der Waals surface area (Å²) in [6, 6.07) is -1.93. The highest BCUT2D eigenvalue weighted by Gasteiger charge is 2.31. The van der Waals surface area contributed by atoms with Gasteiger partial charge in [0.15, 0.2) is 0 Å². The third kappa shape index (κ3) is 10.7. The van der Waals surface area contributed by atoms with Crippen LogP contribution in [0.25, 0.3) is 0 Å². The fourth-order valence-corrected chi connectivity index (χ4v) is 7.73. The maximum absolute atomic E-state index is 13.3. The Morgan fingerprint density at radius 2 is 1.08 bits per heavy atom. The van der Waals surface area contributed by atoms with Crippen LogP contribution in [0.3, 0.4) is 0 Å². The van der Waals surface area contributed by atoms with Crippen molar-refractivity contribution in [1.29, 1.82) is 0 Å². The Labute approximate surface area is 265 Å². The third-order valence-corrected chi connectivity index (χ3v) is 8.61. The van der Waals surface area contributed by atoms with Crippen molar-refractivity contribution in [3.8, 4) is 0 Å². The number of hydrogen-bond acceptors (Lipinski definition) is 11. The number of rotatable bonds is 16. The van der Waals surface area contributed by atoms with Crippen LogP contribution in [-0.2, 0) is 4.79 Å². The molecule has 0 saturated carbocycles. The van der Waals surface area contributed by atoms with Crippen molar-refractivity contribution in [3.63, 3.8) is 0 Å². The molecule has 17 heteroatoms. The highest BCUT2D eigenvalue weighted by Crippen LogP contribution is 2.36. The summed E-state index contributed by atoms with van der Waals surface area (Å²) in [4.78, 5) is 39.2. The van der Waals surface area contributed by atoms with E-state index in [1.54, 1.807) is 67.8 Å². The van der Waals surface area contributed by atoms with Gasteiger partial charge in [-0.2, -0.15) is 0 Å². The van der Waals surface area contributed by atoms with Gasteiger partial charge in [-0.15, -0.1) is 0 Å². The first-order valence-corrected chi connectivity index (χ1v) is 14.8. The summed E-state index contributed by atoms with van der Waals surface area (Å²) in [6.07, 6.45) is -4.64. The summed E-state index contributed by atoms with van der Waals surface area (Å²) in [5.74, 6) is -2.46. The van der Waals surface area contributed by atoms with Crippen molar-refractivity contribution in [2.24, 2.45) is 0 Å². The molecule has 11 N–H and O–H groups in total. The fourth-order valence-electron chi connectivity index (χ4n) is 3.31. The maximum Gasteiger partial charge on any atom is 0.253 e. The normalized spacial score (nSPS) is 15.2. The van der Waals surface area contributed by atoms with Gasteiger partial charge >= 0.3 is 0 Å². The SMILES string of the molecule is O=C(NC(CO)CC(O)CO)c1c(I)c(NC(=O)C(O)CCO)c(I)c(C(=O)NC(CO)CC(O)CO)c1I. The quantitative estimate of drug-likeness (QED) is 0.0800. The predicted octanol–water partition coefficient (Wildman–Crippen LogP) is -2.15. The molecule has 0 bridgehead atoms. The van der Waals surface area contributed by atoms with Crippen LogP contribution in [0.1, 0.15) is 40.0 Å². The van der Waals surface area contributed by atoms with E-state index in [4.69, 9.17) is 15.3 Å². The van der Waals surface area contributed by atoms with E-state index in [1.165, 1.54) is 0 Å². The van der Waals surface area contributed by atoms with Gasteiger partial charge in [0.05, 0.1) is 74.7 Å². The monoisotopic (exact) mass is 895 g/mol. The molecular weight excluding hydrogens is 863 g/mol. The molecule has 0 saturated heterocycles. The Balaban J connectivity index is 3.63. The number of aliphatic hydroxyl groups is 8. The van der Waals surface area contributed by atoms with E-state index < -0.39 is 81.2 Å². The van der Waals surface area contributed by atoms with E-state index >= 15 is 0 Å². The Morgan fingerprint density at radius 1 is 0.667 bits per heavy atom. The van der Waals surface area contributed by atoms with Crippen molar-refractivity contribution in [3.05, 3.63) is 21.8 Å². The molecule has 1 rings (SSSR count). The van der Waals surface area contributed by atoms with Crippen molar-refractivity contribution in [1.82, 2.24) is 10.6 Å². The molecular formula is C22H32I3N3O11. The Hall–Kier alpha value is -0.500. The van der Waals surface area contributed by atoms with Gasteiger partial charge in [0.2, 0.25) is 0 Å². The fraction of sp³-hybridized carbons (Fsp3) is 0.591. The topological polar surface area (TPSA) is 249 Å². The summed E-state index contributed by atoms with van der Waals surface area (Å²) in [5.41, 5.74) is -0.163. The van der Waals surface area contributed by atoms with E-state index in [-0.39, 0.29) is 46.8 Å². The van der Waals surface area contributed by atoms with Gasteiger partial charge < -0.3 is 56.8 Å². The van der Waals surface area contributed by atoms with Crippen LogP contribution in [0.5, 0.6) is 0 Å². The number of hydrogen-bond donors (Lipinski definition) is 11. The average Bonchev–Trinajstić information content (AvgIpc) is 2.89. The van der Waals surface area contributed by atoms with Crippen LogP contribution in [0.15, 0.2) is 0 Å². The first-order chi connectivity index (χ1) is 18.4. The summed E-state index contributed by atoms with van der Waals surface area (Å²) in [5, 5.41) is 83.5. The Kier molecular flexibility index (Phi) is 17.0. The maximum atomic E-state index is 13.3. The molecule has 0 aliphatic carbocycles. The predicted molar refractivity (Wildman–Crippen MR) is 163 cm³/mol. The number of benzene rings is 1. The summed E-state index contributed by atoms with van der Waals surface area (Å²) < 4.78 is 0.478. The van der Waals surface area contributed by atoms with Crippen LogP contribution in [-0.4, -0.2) is 122 Å². The minimum absolute atomic E-state index is 0.000730. The largest absolute Gasteiger partial charge is 0.396 e. The van der Waals surface area contributed by atoms with Gasteiger partial charge in [-0.25, -0.2) is 0 Å². The third-order valence-electron chi connectivity index (χ3n) is 5.37. The van der Waals surface area contributed by atoms with E-state index in [0.29, 0.717) is 0 Å². The second kappa shape index (κ2) is 18.1. The van der Waals surface area contributed by atoms with E-state index in [2.05, 4.69) is 16.0 Å². The molecule has 1 aromatic carbocycles. The molecule has 0 aromatic heterocycles. The summed E-state index contributed by atoms with van der Waals surface area (Å²) in [6.45, 7) is -2.81. The van der Waals surface area contributed by atoms with Crippen LogP contribution < -0.4 is 16.0 Å². The van der Waals surface area contributed by atoms with Crippen LogP contribution in [0.2, 0.25) is 0 Å². The van der Waals surface area contributed by atoms with Crippen molar-refractivity contribution in [2.45, 2.75) is 49.7 Å². The number of amides is 3. The van der Waals surface area contributed by atoms with Gasteiger partial charge in [-0.3, -0.25) is 14.4 Å². The zero-order valence-corrected chi connectivity index (χ0v) is 27.0. The van der Waals surface area contributed by atoms with Crippen LogP contribution in [0.4, 0.5) is 5.69 Å². The van der Waals surface area contributed by atoms with E-state index in [9.17, 15) is 39.9 Å².